The molecule has 6 heteroatoms. The fourth-order valence-electron chi connectivity index (χ4n) is 1.74. The SMILES string of the molecule is CCOc1ccc(-c2nc(CC(=O)[O-])cs2)cc1OC. The number of methoxy groups -OCH3 is 1. The van der Waals surface area contributed by atoms with Crippen LogP contribution >= 0.6 is 11.3 Å². The van der Waals surface area contributed by atoms with E-state index in [1.54, 1.807) is 12.5 Å². The normalized spacial score (nSPS) is 10.3. The van der Waals surface area contributed by atoms with Gasteiger partial charge in [-0.05, 0) is 25.1 Å². The van der Waals surface area contributed by atoms with Crippen LogP contribution < -0.4 is 14.6 Å². The van der Waals surface area contributed by atoms with Crippen LogP contribution in [0.2, 0.25) is 0 Å². The molecule has 2 aromatic rings. The van der Waals surface area contributed by atoms with Crippen molar-refractivity contribution in [2.24, 2.45) is 0 Å². The maximum absolute atomic E-state index is 10.5. The van der Waals surface area contributed by atoms with Crippen LogP contribution in [0.3, 0.4) is 0 Å². The summed E-state index contributed by atoms with van der Waals surface area (Å²) in [6.07, 6.45) is -0.176. The van der Waals surface area contributed by atoms with E-state index in [1.807, 2.05) is 25.1 Å². The van der Waals surface area contributed by atoms with Gasteiger partial charge in [-0.1, -0.05) is 0 Å². The van der Waals surface area contributed by atoms with E-state index in [9.17, 15) is 9.90 Å². The molecular formula is C14H14NO4S-. The summed E-state index contributed by atoms with van der Waals surface area (Å²) in [5.74, 6) is 0.164. The molecule has 1 aromatic carbocycles. The van der Waals surface area contributed by atoms with Crippen molar-refractivity contribution in [3.63, 3.8) is 0 Å². The summed E-state index contributed by atoms with van der Waals surface area (Å²) in [6.45, 7) is 2.46. The quantitative estimate of drug-likeness (QED) is 0.807. The molecule has 20 heavy (non-hydrogen) atoms. The summed E-state index contributed by atoms with van der Waals surface area (Å²) in [7, 11) is 1.57. The van der Waals surface area contributed by atoms with E-state index in [4.69, 9.17) is 9.47 Å². The largest absolute Gasteiger partial charge is 0.550 e. The van der Waals surface area contributed by atoms with Crippen molar-refractivity contribution in [1.82, 2.24) is 4.98 Å². The van der Waals surface area contributed by atoms with E-state index in [0.29, 0.717) is 23.8 Å². The predicted octanol–water partition coefficient (Wildman–Crippen LogP) is 1.51. The molecule has 0 radical (unpaired) electrons. The molecule has 0 amide bonds. The van der Waals surface area contributed by atoms with Crippen LogP contribution in [0.5, 0.6) is 11.5 Å². The number of nitrogens with zero attached hydrogens (tertiary/aromatic N) is 1. The summed E-state index contributed by atoms with van der Waals surface area (Å²) < 4.78 is 10.7. The van der Waals surface area contributed by atoms with Crippen LogP contribution in [0, 0.1) is 0 Å². The Hall–Kier alpha value is -2.08. The van der Waals surface area contributed by atoms with Gasteiger partial charge >= 0.3 is 0 Å². The van der Waals surface area contributed by atoms with Gasteiger partial charge < -0.3 is 19.4 Å². The number of carboxylic acids is 1. The second-order valence-electron chi connectivity index (χ2n) is 3.99. The second kappa shape index (κ2) is 6.38. The average Bonchev–Trinajstić information content (AvgIpc) is 2.87. The smallest absolute Gasteiger partial charge is 0.161 e. The Bertz CT molecular complexity index is 609. The molecule has 0 aliphatic heterocycles. The minimum absolute atomic E-state index is 0.176. The Labute approximate surface area is 120 Å². The van der Waals surface area contributed by atoms with Gasteiger partial charge in [0.1, 0.15) is 5.01 Å². The summed E-state index contributed by atoms with van der Waals surface area (Å²) >= 11 is 1.38. The van der Waals surface area contributed by atoms with Crippen LogP contribution in [-0.4, -0.2) is 24.7 Å². The molecule has 0 N–H and O–H groups in total. The number of ether oxygens (including phenoxy) is 2. The zero-order valence-corrected chi connectivity index (χ0v) is 12.0. The van der Waals surface area contributed by atoms with Gasteiger partial charge in [0.15, 0.2) is 11.5 Å². The highest BCUT2D eigenvalue weighted by atomic mass is 32.1. The lowest BCUT2D eigenvalue weighted by atomic mass is 10.2. The van der Waals surface area contributed by atoms with Crippen LogP contribution in [0.15, 0.2) is 23.6 Å². The Morgan fingerprint density at radius 1 is 1.40 bits per heavy atom. The number of benzene rings is 1. The van der Waals surface area contributed by atoms with Crippen molar-refractivity contribution < 1.29 is 19.4 Å². The van der Waals surface area contributed by atoms with E-state index in [1.165, 1.54) is 11.3 Å². The number of carbonyl (C=O) groups excluding carboxylic acids is 1. The van der Waals surface area contributed by atoms with Crippen molar-refractivity contribution >= 4 is 17.3 Å². The molecule has 0 saturated heterocycles. The number of aromatic nitrogens is 1. The van der Waals surface area contributed by atoms with Gasteiger partial charge in [-0.25, -0.2) is 4.98 Å². The minimum atomic E-state index is -1.13. The minimum Gasteiger partial charge on any atom is -0.550 e. The molecule has 2 rings (SSSR count). The third-order valence-electron chi connectivity index (χ3n) is 2.59. The zero-order valence-electron chi connectivity index (χ0n) is 11.2. The zero-order chi connectivity index (χ0) is 14.5. The fraction of sp³-hybridized carbons (Fsp3) is 0.286. The van der Waals surface area contributed by atoms with Gasteiger partial charge in [-0.15, -0.1) is 11.3 Å². The number of carbonyl (C=O) groups is 1. The second-order valence-corrected chi connectivity index (χ2v) is 4.85. The van der Waals surface area contributed by atoms with E-state index < -0.39 is 5.97 Å². The first-order chi connectivity index (χ1) is 9.63. The molecule has 0 aliphatic carbocycles. The van der Waals surface area contributed by atoms with Crippen molar-refractivity contribution in [1.29, 1.82) is 0 Å². The first-order valence-electron chi connectivity index (χ1n) is 6.09. The molecule has 0 bridgehead atoms. The number of hydrogen-bond acceptors (Lipinski definition) is 6. The number of carboxylic acid groups (broad SMARTS) is 1. The van der Waals surface area contributed by atoms with Crippen LogP contribution in [-0.2, 0) is 11.2 Å². The molecule has 0 atom stereocenters. The molecule has 0 unspecified atom stereocenters. The number of aliphatic carboxylic acids is 1. The van der Waals surface area contributed by atoms with Crippen molar-refractivity contribution in [3.8, 4) is 22.1 Å². The van der Waals surface area contributed by atoms with Crippen LogP contribution in [0.25, 0.3) is 10.6 Å². The Morgan fingerprint density at radius 2 is 2.20 bits per heavy atom. The Balaban J connectivity index is 2.28. The third-order valence-corrected chi connectivity index (χ3v) is 3.53. The lowest BCUT2D eigenvalue weighted by molar-refractivity contribution is -0.304. The van der Waals surface area contributed by atoms with Gasteiger partial charge in [0, 0.05) is 23.3 Å². The molecule has 0 spiro atoms. The lowest BCUT2D eigenvalue weighted by Gasteiger charge is -2.09. The van der Waals surface area contributed by atoms with Gasteiger partial charge in [0.2, 0.25) is 0 Å². The maximum atomic E-state index is 10.5. The molecule has 1 aromatic heterocycles. The Morgan fingerprint density at radius 3 is 2.85 bits per heavy atom. The van der Waals surface area contributed by atoms with Crippen molar-refractivity contribution in [3.05, 3.63) is 29.3 Å². The van der Waals surface area contributed by atoms with Crippen molar-refractivity contribution in [2.75, 3.05) is 13.7 Å². The summed E-state index contributed by atoms with van der Waals surface area (Å²) in [4.78, 5) is 14.8. The molecule has 0 aliphatic rings. The predicted molar refractivity (Wildman–Crippen MR) is 74.0 cm³/mol. The monoisotopic (exact) mass is 292 g/mol. The van der Waals surface area contributed by atoms with Gasteiger partial charge in [-0.3, -0.25) is 0 Å². The maximum Gasteiger partial charge on any atom is 0.161 e. The molecule has 5 nitrogen and oxygen atoms in total. The highest BCUT2D eigenvalue weighted by Crippen LogP contribution is 2.33. The van der Waals surface area contributed by atoms with E-state index in [-0.39, 0.29) is 6.42 Å². The summed E-state index contributed by atoms with van der Waals surface area (Å²) in [6, 6.07) is 5.51. The lowest BCUT2D eigenvalue weighted by Crippen LogP contribution is -2.24. The highest BCUT2D eigenvalue weighted by Gasteiger charge is 2.10. The topological polar surface area (TPSA) is 71.5 Å². The number of hydrogen-bond donors (Lipinski definition) is 0. The number of thiazole rings is 1. The molecule has 106 valence electrons. The van der Waals surface area contributed by atoms with E-state index >= 15 is 0 Å². The third kappa shape index (κ3) is 3.27. The van der Waals surface area contributed by atoms with Gasteiger partial charge in [0.05, 0.1) is 19.4 Å². The highest BCUT2D eigenvalue weighted by molar-refractivity contribution is 7.13. The molecular weight excluding hydrogens is 278 g/mol. The van der Waals surface area contributed by atoms with Gasteiger partial charge in [-0.2, -0.15) is 0 Å². The van der Waals surface area contributed by atoms with Crippen LogP contribution in [0.4, 0.5) is 0 Å². The van der Waals surface area contributed by atoms with Gasteiger partial charge in [0.25, 0.3) is 0 Å². The average molecular weight is 292 g/mol. The summed E-state index contributed by atoms with van der Waals surface area (Å²) in [5.41, 5.74) is 1.36. The molecule has 1 heterocycles. The standard InChI is InChI=1S/C14H15NO4S/c1-3-19-11-5-4-9(6-12(11)18-2)14-15-10(8-20-14)7-13(16)17/h4-6,8H,3,7H2,1-2H3,(H,16,17)/p-1. The van der Waals surface area contributed by atoms with Crippen LogP contribution in [0.1, 0.15) is 12.6 Å². The first kappa shape index (κ1) is 14.3. The Kier molecular flexibility index (Phi) is 4.57. The van der Waals surface area contributed by atoms with E-state index in [2.05, 4.69) is 4.98 Å². The fourth-order valence-corrected chi connectivity index (χ4v) is 2.56. The summed E-state index contributed by atoms with van der Waals surface area (Å²) in [5, 5.41) is 13.0. The molecule has 0 fully saturated rings. The molecule has 0 saturated carbocycles. The van der Waals surface area contributed by atoms with Crippen molar-refractivity contribution in [2.45, 2.75) is 13.3 Å². The van der Waals surface area contributed by atoms with E-state index in [0.717, 1.165) is 10.6 Å². The first-order valence-corrected chi connectivity index (χ1v) is 6.97. The number of rotatable bonds is 6.